The smallest absolute Gasteiger partial charge is 0.260 e. The second-order valence-corrected chi connectivity index (χ2v) is 8.62. The second-order valence-electron chi connectivity index (χ2n) is 6.76. The van der Waals surface area contributed by atoms with Crippen LogP contribution in [0.4, 0.5) is 0 Å². The molecule has 0 radical (unpaired) electrons. The van der Waals surface area contributed by atoms with E-state index in [-0.39, 0.29) is 23.1 Å². The van der Waals surface area contributed by atoms with E-state index < -0.39 is 10.0 Å². The van der Waals surface area contributed by atoms with Gasteiger partial charge in [0.25, 0.3) is 10.0 Å². The molecule has 1 N–H and O–H groups in total. The van der Waals surface area contributed by atoms with Crippen LogP contribution in [0, 0.1) is 0 Å². The van der Waals surface area contributed by atoms with Crippen molar-refractivity contribution in [2.75, 3.05) is 13.2 Å². The van der Waals surface area contributed by atoms with Crippen LogP contribution in [0.5, 0.6) is 0 Å². The molecule has 7 heteroatoms. The number of imidazole rings is 1. The Kier molecular flexibility index (Phi) is 6.22. The lowest BCUT2D eigenvalue weighted by Gasteiger charge is -2.34. The number of aromatic amines is 1. The maximum atomic E-state index is 12.9. The van der Waals surface area contributed by atoms with Gasteiger partial charge in [0, 0.05) is 25.1 Å². The maximum absolute atomic E-state index is 12.9. The molecule has 1 aliphatic rings. The molecule has 1 aromatic heterocycles. The fourth-order valence-electron chi connectivity index (χ4n) is 2.89. The highest BCUT2D eigenvalue weighted by molar-refractivity contribution is 7.89. The molecule has 1 aliphatic heterocycles. The van der Waals surface area contributed by atoms with Crippen molar-refractivity contribution < 1.29 is 13.2 Å². The number of rotatable bonds is 7. The van der Waals surface area contributed by atoms with Crippen molar-refractivity contribution in [2.45, 2.75) is 76.5 Å². The van der Waals surface area contributed by atoms with Crippen LogP contribution in [0.2, 0.25) is 0 Å². The Bertz CT molecular complexity index is 595. The summed E-state index contributed by atoms with van der Waals surface area (Å²) in [5, 5.41) is 0.206. The molecule has 0 aromatic carbocycles. The van der Waals surface area contributed by atoms with E-state index in [0.717, 1.165) is 25.7 Å². The largest absolute Gasteiger partial charge is 0.379 e. The summed E-state index contributed by atoms with van der Waals surface area (Å²) in [5.74, 6) is 0.885. The van der Waals surface area contributed by atoms with Gasteiger partial charge in [-0.25, -0.2) is 13.4 Å². The molecule has 6 nitrogen and oxygen atoms in total. The van der Waals surface area contributed by atoms with Crippen LogP contribution < -0.4 is 0 Å². The van der Waals surface area contributed by atoms with Gasteiger partial charge in [-0.2, -0.15) is 4.31 Å². The van der Waals surface area contributed by atoms with Crippen molar-refractivity contribution >= 4 is 10.0 Å². The molecule has 0 unspecified atom stereocenters. The lowest BCUT2D eigenvalue weighted by Crippen LogP contribution is -2.44. The number of aromatic nitrogens is 2. The van der Waals surface area contributed by atoms with Crippen molar-refractivity contribution in [3.8, 4) is 0 Å². The molecular formula is C16H29N3O3S. The van der Waals surface area contributed by atoms with Gasteiger partial charge in [0.1, 0.15) is 5.82 Å². The SMILES string of the molecule is CC(C)OCC[C@@H]1CCCCN1S(=O)(=O)c1cnc(C(C)C)[nH]1. The lowest BCUT2D eigenvalue weighted by atomic mass is 10.0. The Morgan fingerprint density at radius 1 is 1.35 bits per heavy atom. The van der Waals surface area contributed by atoms with E-state index in [9.17, 15) is 8.42 Å². The Morgan fingerprint density at radius 2 is 2.09 bits per heavy atom. The zero-order valence-electron chi connectivity index (χ0n) is 14.6. The van der Waals surface area contributed by atoms with Crippen molar-refractivity contribution in [1.29, 1.82) is 0 Å². The van der Waals surface area contributed by atoms with Crippen molar-refractivity contribution in [2.24, 2.45) is 0 Å². The third kappa shape index (κ3) is 4.55. The molecule has 2 heterocycles. The molecule has 1 atom stereocenters. The van der Waals surface area contributed by atoms with Crippen LogP contribution in [0.15, 0.2) is 11.2 Å². The molecule has 0 saturated carbocycles. The summed E-state index contributed by atoms with van der Waals surface area (Å²) in [6, 6.07) is 0.0123. The zero-order valence-corrected chi connectivity index (χ0v) is 15.4. The molecule has 0 amide bonds. The number of hydrogen-bond acceptors (Lipinski definition) is 4. The molecule has 2 rings (SSSR count). The first kappa shape index (κ1) is 18.4. The minimum atomic E-state index is -3.51. The summed E-state index contributed by atoms with van der Waals surface area (Å²) in [6.07, 6.45) is 5.23. The third-order valence-electron chi connectivity index (χ3n) is 4.18. The molecular weight excluding hydrogens is 314 g/mol. The standard InChI is InChI=1S/C16H29N3O3S/c1-12(2)16-17-11-15(18-16)23(20,21)19-9-6-5-7-14(19)8-10-22-13(3)4/h11-14H,5-10H2,1-4H3,(H,17,18)/t14-/m0/s1. The van der Waals surface area contributed by atoms with Crippen molar-refractivity contribution in [3.63, 3.8) is 0 Å². The van der Waals surface area contributed by atoms with Gasteiger partial charge in [0.15, 0.2) is 5.03 Å². The van der Waals surface area contributed by atoms with Gasteiger partial charge in [0.2, 0.25) is 0 Å². The van der Waals surface area contributed by atoms with Gasteiger partial charge in [-0.05, 0) is 33.1 Å². The first-order chi connectivity index (χ1) is 10.8. The monoisotopic (exact) mass is 343 g/mol. The van der Waals surface area contributed by atoms with Gasteiger partial charge in [-0.3, -0.25) is 0 Å². The zero-order chi connectivity index (χ0) is 17.0. The third-order valence-corrected chi connectivity index (χ3v) is 6.04. The Labute approximate surface area is 139 Å². The van der Waals surface area contributed by atoms with E-state index in [1.165, 1.54) is 6.20 Å². The van der Waals surface area contributed by atoms with Crippen molar-refractivity contribution in [3.05, 3.63) is 12.0 Å². The van der Waals surface area contributed by atoms with Crippen LogP contribution in [0.3, 0.4) is 0 Å². The summed E-state index contributed by atoms with van der Waals surface area (Å²) in [4.78, 5) is 7.17. The first-order valence-corrected chi connectivity index (χ1v) is 9.94. The van der Waals surface area contributed by atoms with Crippen LogP contribution in [0.1, 0.15) is 65.1 Å². The number of nitrogens with zero attached hydrogens (tertiary/aromatic N) is 2. The van der Waals surface area contributed by atoms with E-state index in [4.69, 9.17) is 4.74 Å². The maximum Gasteiger partial charge on any atom is 0.260 e. The molecule has 1 aromatic rings. The summed E-state index contributed by atoms with van der Waals surface area (Å²) >= 11 is 0. The van der Waals surface area contributed by atoms with Crippen molar-refractivity contribution in [1.82, 2.24) is 14.3 Å². The Morgan fingerprint density at radius 3 is 2.70 bits per heavy atom. The van der Waals surface area contributed by atoms with Crippen LogP contribution >= 0.6 is 0 Å². The van der Waals surface area contributed by atoms with E-state index in [2.05, 4.69) is 9.97 Å². The van der Waals surface area contributed by atoms with Gasteiger partial charge >= 0.3 is 0 Å². The molecule has 1 saturated heterocycles. The molecule has 0 aliphatic carbocycles. The van der Waals surface area contributed by atoms with Gasteiger partial charge in [0.05, 0.1) is 12.3 Å². The highest BCUT2D eigenvalue weighted by Gasteiger charge is 2.34. The average molecular weight is 343 g/mol. The quantitative estimate of drug-likeness (QED) is 0.826. The minimum absolute atomic E-state index is 0.0123. The normalized spacial score (nSPS) is 20.5. The number of piperidine rings is 1. The van der Waals surface area contributed by atoms with Gasteiger partial charge in [-0.15, -0.1) is 0 Å². The number of hydrogen-bond donors (Lipinski definition) is 1. The van der Waals surface area contributed by atoms with E-state index in [1.807, 2.05) is 27.7 Å². The topological polar surface area (TPSA) is 75.3 Å². The van der Waals surface area contributed by atoms with E-state index in [0.29, 0.717) is 19.0 Å². The summed E-state index contributed by atoms with van der Waals surface area (Å²) < 4.78 is 33.1. The van der Waals surface area contributed by atoms with Crippen LogP contribution in [-0.4, -0.2) is 48.0 Å². The molecule has 132 valence electrons. The fraction of sp³-hybridized carbons (Fsp3) is 0.812. The van der Waals surface area contributed by atoms with E-state index in [1.54, 1.807) is 4.31 Å². The molecule has 0 spiro atoms. The van der Waals surface area contributed by atoms with Crippen LogP contribution in [-0.2, 0) is 14.8 Å². The first-order valence-electron chi connectivity index (χ1n) is 8.50. The summed E-state index contributed by atoms with van der Waals surface area (Å²) in [5.41, 5.74) is 0. The summed E-state index contributed by atoms with van der Waals surface area (Å²) in [6.45, 7) is 9.13. The molecule has 1 fully saturated rings. The number of H-pyrrole nitrogens is 1. The number of sulfonamides is 1. The lowest BCUT2D eigenvalue weighted by molar-refractivity contribution is 0.0620. The minimum Gasteiger partial charge on any atom is -0.379 e. The number of ether oxygens (including phenoxy) is 1. The fourth-order valence-corrected chi connectivity index (χ4v) is 4.53. The second kappa shape index (κ2) is 7.77. The number of nitrogens with one attached hydrogen (secondary N) is 1. The predicted molar refractivity (Wildman–Crippen MR) is 89.9 cm³/mol. The predicted octanol–water partition coefficient (Wildman–Crippen LogP) is 2.89. The summed E-state index contributed by atoms with van der Waals surface area (Å²) in [7, 11) is -3.51. The van der Waals surface area contributed by atoms with Crippen LogP contribution in [0.25, 0.3) is 0 Å². The Balaban J connectivity index is 2.13. The average Bonchev–Trinajstić information content (AvgIpc) is 2.98. The molecule has 23 heavy (non-hydrogen) atoms. The highest BCUT2D eigenvalue weighted by Crippen LogP contribution is 2.27. The van der Waals surface area contributed by atoms with E-state index >= 15 is 0 Å². The highest BCUT2D eigenvalue weighted by atomic mass is 32.2. The van der Waals surface area contributed by atoms with Gasteiger partial charge in [-0.1, -0.05) is 20.3 Å². The molecule has 0 bridgehead atoms. The Hall–Kier alpha value is -0.920. The van der Waals surface area contributed by atoms with Gasteiger partial charge < -0.3 is 9.72 Å².